The summed E-state index contributed by atoms with van der Waals surface area (Å²) in [4.78, 5) is 0. The molecular weight excluding hydrogens is 318 g/mol. The van der Waals surface area contributed by atoms with Crippen LogP contribution in [-0.4, -0.2) is 6.18 Å². The number of hydrogen-bond acceptors (Lipinski definition) is 0. The molecule has 0 saturated heterocycles. The summed E-state index contributed by atoms with van der Waals surface area (Å²) in [7, 11) is 0. The third-order valence-corrected chi connectivity index (χ3v) is 3.70. The van der Waals surface area contributed by atoms with E-state index in [0.717, 1.165) is 24.3 Å². The Kier molecular flexibility index (Phi) is 4.73. The minimum absolute atomic E-state index is 0.257. The quantitative estimate of drug-likeness (QED) is 0.567. The van der Waals surface area contributed by atoms with Crippen molar-refractivity contribution in [3.63, 3.8) is 0 Å². The predicted molar refractivity (Wildman–Crippen MR) is 75.8 cm³/mol. The van der Waals surface area contributed by atoms with E-state index in [0.29, 0.717) is 11.1 Å². The summed E-state index contributed by atoms with van der Waals surface area (Å²) in [5, 5.41) is 0. The van der Waals surface area contributed by atoms with Gasteiger partial charge in [0.2, 0.25) is 0 Å². The first-order valence-corrected chi connectivity index (χ1v) is 6.90. The molecule has 2 rings (SSSR count). The van der Waals surface area contributed by atoms with Gasteiger partial charge in [0.25, 0.3) is 0 Å². The van der Waals surface area contributed by atoms with Crippen LogP contribution in [0.15, 0.2) is 59.7 Å². The molecule has 0 nitrogen and oxygen atoms in total. The summed E-state index contributed by atoms with van der Waals surface area (Å²) < 4.78 is 77.0. The Morgan fingerprint density at radius 2 is 1.70 bits per heavy atom. The van der Waals surface area contributed by atoms with Crippen LogP contribution < -0.4 is 0 Å². The van der Waals surface area contributed by atoms with Gasteiger partial charge in [0, 0.05) is 5.92 Å². The normalized spacial score (nSPS) is 17.3. The first-order valence-electron chi connectivity index (χ1n) is 6.90. The second kappa shape index (κ2) is 6.26. The number of rotatable bonds is 2. The van der Waals surface area contributed by atoms with Crippen LogP contribution in [0.2, 0.25) is 0 Å². The molecule has 0 N–H and O–H groups in total. The fourth-order valence-corrected chi connectivity index (χ4v) is 2.36. The maximum atomic E-state index is 12.9. The van der Waals surface area contributed by atoms with E-state index in [1.807, 2.05) is 0 Å². The lowest BCUT2D eigenvalue weighted by Crippen LogP contribution is -2.11. The lowest BCUT2D eigenvalue weighted by atomic mass is 9.89. The Bertz CT molecular complexity index is 658. The molecule has 0 fully saturated rings. The standard InChI is InChI=1S/C17H14F6/c1-11(13-6-4-8-15(10-13)17(21,22)23)12-5-2-3-7-14(9-12)16(18,19)20/h2-4,6-11H,5H2,1H3. The summed E-state index contributed by atoms with van der Waals surface area (Å²) in [6.07, 6.45) is -3.86. The van der Waals surface area contributed by atoms with Gasteiger partial charge in [-0.15, -0.1) is 0 Å². The highest BCUT2D eigenvalue weighted by Gasteiger charge is 2.33. The molecule has 0 aliphatic heterocycles. The van der Waals surface area contributed by atoms with Gasteiger partial charge in [0.15, 0.2) is 0 Å². The summed E-state index contributed by atoms with van der Waals surface area (Å²) in [6.45, 7) is 1.61. The number of hydrogen-bond donors (Lipinski definition) is 0. The highest BCUT2D eigenvalue weighted by Crippen LogP contribution is 2.36. The summed E-state index contributed by atoms with van der Waals surface area (Å²) in [5.41, 5.74) is -0.858. The molecule has 6 heteroatoms. The minimum atomic E-state index is -4.49. The van der Waals surface area contributed by atoms with Gasteiger partial charge in [-0.3, -0.25) is 0 Å². The van der Waals surface area contributed by atoms with Crippen LogP contribution in [0, 0.1) is 0 Å². The molecular formula is C17H14F6. The van der Waals surface area contributed by atoms with Gasteiger partial charge in [-0.05, 0) is 24.1 Å². The molecule has 23 heavy (non-hydrogen) atoms. The molecule has 124 valence electrons. The zero-order valence-electron chi connectivity index (χ0n) is 12.2. The van der Waals surface area contributed by atoms with E-state index >= 15 is 0 Å². The third kappa shape index (κ3) is 4.27. The summed E-state index contributed by atoms with van der Waals surface area (Å²) in [5.74, 6) is -0.550. The van der Waals surface area contributed by atoms with E-state index in [-0.39, 0.29) is 6.42 Å². The van der Waals surface area contributed by atoms with Crippen LogP contribution in [0.25, 0.3) is 0 Å². The molecule has 1 aromatic rings. The molecule has 1 aromatic carbocycles. The van der Waals surface area contributed by atoms with Crippen LogP contribution in [0.3, 0.4) is 0 Å². The van der Waals surface area contributed by atoms with E-state index in [2.05, 4.69) is 0 Å². The van der Waals surface area contributed by atoms with Crippen molar-refractivity contribution in [3.8, 4) is 0 Å². The van der Waals surface area contributed by atoms with Gasteiger partial charge in [-0.2, -0.15) is 26.3 Å². The maximum absolute atomic E-state index is 12.9. The molecule has 0 amide bonds. The molecule has 0 saturated carbocycles. The predicted octanol–water partition coefficient (Wildman–Crippen LogP) is 6.18. The van der Waals surface area contributed by atoms with E-state index in [4.69, 9.17) is 0 Å². The first-order chi connectivity index (χ1) is 10.6. The molecule has 1 unspecified atom stereocenters. The van der Waals surface area contributed by atoms with Gasteiger partial charge >= 0.3 is 12.4 Å². The van der Waals surface area contributed by atoms with Gasteiger partial charge < -0.3 is 0 Å². The van der Waals surface area contributed by atoms with Gasteiger partial charge in [0.1, 0.15) is 0 Å². The van der Waals surface area contributed by atoms with Crippen molar-refractivity contribution in [2.24, 2.45) is 0 Å². The summed E-state index contributed by atoms with van der Waals surface area (Å²) in [6, 6.07) is 4.68. The van der Waals surface area contributed by atoms with Crippen LogP contribution in [0.4, 0.5) is 26.3 Å². The maximum Gasteiger partial charge on any atom is 0.416 e. The van der Waals surface area contributed by atoms with Crippen LogP contribution in [0.1, 0.15) is 30.4 Å². The first kappa shape index (κ1) is 17.4. The molecule has 1 aliphatic carbocycles. The van der Waals surface area contributed by atoms with E-state index in [1.54, 1.807) is 13.0 Å². The molecule has 0 aromatic heterocycles. The molecule has 0 radical (unpaired) electrons. The molecule has 0 bridgehead atoms. The van der Waals surface area contributed by atoms with Crippen molar-refractivity contribution in [3.05, 3.63) is 70.8 Å². The highest BCUT2D eigenvalue weighted by atomic mass is 19.4. The average Bonchev–Trinajstić information content (AvgIpc) is 2.71. The average molecular weight is 332 g/mol. The Balaban J connectivity index is 2.37. The summed E-state index contributed by atoms with van der Waals surface area (Å²) >= 11 is 0. The number of benzene rings is 1. The van der Waals surface area contributed by atoms with Crippen LogP contribution >= 0.6 is 0 Å². The number of alkyl halides is 6. The fourth-order valence-electron chi connectivity index (χ4n) is 2.36. The molecule has 1 atom stereocenters. The zero-order valence-corrected chi connectivity index (χ0v) is 12.2. The Labute approximate surface area is 129 Å². The Hall–Kier alpha value is -1.98. The van der Waals surface area contributed by atoms with Crippen molar-refractivity contribution in [1.29, 1.82) is 0 Å². The molecule has 0 heterocycles. The monoisotopic (exact) mass is 332 g/mol. The van der Waals surface area contributed by atoms with Gasteiger partial charge in [-0.1, -0.05) is 48.9 Å². The largest absolute Gasteiger partial charge is 0.416 e. The van der Waals surface area contributed by atoms with Gasteiger partial charge in [-0.25, -0.2) is 0 Å². The van der Waals surface area contributed by atoms with E-state index in [1.165, 1.54) is 18.2 Å². The zero-order chi connectivity index (χ0) is 17.3. The van der Waals surface area contributed by atoms with Crippen LogP contribution in [0.5, 0.6) is 0 Å². The minimum Gasteiger partial charge on any atom is -0.166 e. The highest BCUT2D eigenvalue weighted by molar-refractivity contribution is 5.41. The third-order valence-electron chi connectivity index (χ3n) is 3.70. The molecule has 0 spiro atoms. The SMILES string of the molecule is CC(C1=CC(C(F)(F)F)=CC=CC1)c1cccc(C(F)(F)F)c1. The Morgan fingerprint density at radius 3 is 2.30 bits per heavy atom. The van der Waals surface area contributed by atoms with Crippen molar-refractivity contribution < 1.29 is 26.3 Å². The fraction of sp³-hybridized carbons (Fsp3) is 0.294. The van der Waals surface area contributed by atoms with E-state index < -0.39 is 29.4 Å². The lowest BCUT2D eigenvalue weighted by Gasteiger charge is -2.18. The topological polar surface area (TPSA) is 0 Å². The molecule has 1 aliphatic rings. The number of allylic oxidation sites excluding steroid dienone is 6. The Morgan fingerprint density at radius 1 is 1.00 bits per heavy atom. The smallest absolute Gasteiger partial charge is 0.166 e. The van der Waals surface area contributed by atoms with E-state index in [9.17, 15) is 26.3 Å². The second-order valence-corrected chi connectivity index (χ2v) is 5.32. The van der Waals surface area contributed by atoms with Crippen molar-refractivity contribution in [1.82, 2.24) is 0 Å². The van der Waals surface area contributed by atoms with Crippen molar-refractivity contribution in [2.45, 2.75) is 31.6 Å². The van der Waals surface area contributed by atoms with Gasteiger partial charge in [0.05, 0.1) is 11.1 Å². The van der Waals surface area contributed by atoms with Crippen molar-refractivity contribution in [2.75, 3.05) is 0 Å². The second-order valence-electron chi connectivity index (χ2n) is 5.32. The van der Waals surface area contributed by atoms with Crippen molar-refractivity contribution >= 4 is 0 Å². The lowest BCUT2D eigenvalue weighted by molar-refractivity contribution is -0.137. The van der Waals surface area contributed by atoms with Crippen LogP contribution in [-0.2, 0) is 6.18 Å². The number of halogens is 6.